The maximum absolute atomic E-state index is 13.8. The fourth-order valence-corrected chi connectivity index (χ4v) is 1.76. The van der Waals surface area contributed by atoms with E-state index in [1.165, 1.54) is 30.3 Å². The Morgan fingerprint density at radius 1 is 1.12 bits per heavy atom. The van der Waals surface area contributed by atoms with Crippen LogP contribution in [0.4, 0.5) is 8.78 Å². The third-order valence-corrected chi connectivity index (χ3v) is 2.82. The molecule has 0 aromatic heterocycles. The summed E-state index contributed by atoms with van der Waals surface area (Å²) in [6, 6.07) is 6.63. The normalized spacial score (nSPS) is 10.6. The van der Waals surface area contributed by atoms with Crippen LogP contribution in [-0.2, 0) is 0 Å². The highest BCUT2D eigenvalue weighted by molar-refractivity contribution is 6.32. The molecule has 0 bridgehead atoms. The van der Waals surface area contributed by atoms with Gasteiger partial charge in [0.25, 0.3) is 0 Å². The van der Waals surface area contributed by atoms with E-state index < -0.39 is 11.6 Å². The monoisotopic (exact) mass is 254 g/mol. The van der Waals surface area contributed by atoms with Crippen LogP contribution in [0.3, 0.4) is 0 Å². The maximum Gasteiger partial charge on any atom is 0.136 e. The summed E-state index contributed by atoms with van der Waals surface area (Å²) in [4.78, 5) is 0. The summed E-state index contributed by atoms with van der Waals surface area (Å²) >= 11 is 5.71. The van der Waals surface area contributed by atoms with Crippen molar-refractivity contribution in [3.05, 3.63) is 52.6 Å². The zero-order chi connectivity index (χ0) is 12.6. The van der Waals surface area contributed by atoms with E-state index in [0.717, 1.165) is 0 Å². The molecule has 4 heteroatoms. The van der Waals surface area contributed by atoms with Gasteiger partial charge in [-0.25, -0.2) is 8.78 Å². The summed E-state index contributed by atoms with van der Waals surface area (Å²) in [5, 5.41) is 9.32. The van der Waals surface area contributed by atoms with Gasteiger partial charge in [-0.05, 0) is 36.2 Å². The van der Waals surface area contributed by atoms with E-state index in [9.17, 15) is 13.9 Å². The molecule has 1 nitrogen and oxygen atoms in total. The molecular formula is C13H9ClF2O. The van der Waals surface area contributed by atoms with Gasteiger partial charge in [-0.15, -0.1) is 0 Å². The lowest BCUT2D eigenvalue weighted by molar-refractivity contribution is 0.475. The van der Waals surface area contributed by atoms with E-state index in [0.29, 0.717) is 11.1 Å². The predicted molar refractivity (Wildman–Crippen MR) is 63.2 cm³/mol. The van der Waals surface area contributed by atoms with Crippen LogP contribution >= 0.6 is 11.6 Å². The average molecular weight is 255 g/mol. The Morgan fingerprint density at radius 2 is 1.82 bits per heavy atom. The highest BCUT2D eigenvalue weighted by Gasteiger charge is 2.14. The molecule has 0 aliphatic heterocycles. The van der Waals surface area contributed by atoms with Gasteiger partial charge < -0.3 is 5.11 Å². The number of phenols is 1. The van der Waals surface area contributed by atoms with Gasteiger partial charge in [-0.1, -0.05) is 23.7 Å². The third kappa shape index (κ3) is 2.11. The molecule has 88 valence electrons. The van der Waals surface area contributed by atoms with Crippen LogP contribution < -0.4 is 0 Å². The first-order chi connectivity index (χ1) is 8.00. The quantitative estimate of drug-likeness (QED) is 0.804. The SMILES string of the molecule is Cc1ccc(F)c(-c2ccc(O)c(Cl)c2)c1F. The van der Waals surface area contributed by atoms with Gasteiger partial charge in [0.2, 0.25) is 0 Å². The molecule has 2 aromatic carbocycles. The summed E-state index contributed by atoms with van der Waals surface area (Å²) in [7, 11) is 0. The van der Waals surface area contributed by atoms with Crippen LogP contribution in [-0.4, -0.2) is 5.11 Å². The molecule has 0 atom stereocenters. The van der Waals surface area contributed by atoms with E-state index in [1.807, 2.05) is 0 Å². The zero-order valence-corrected chi connectivity index (χ0v) is 9.72. The van der Waals surface area contributed by atoms with Gasteiger partial charge in [-0.2, -0.15) is 0 Å². The Labute approximate surface area is 102 Å². The van der Waals surface area contributed by atoms with E-state index in [2.05, 4.69) is 0 Å². The highest BCUT2D eigenvalue weighted by atomic mass is 35.5. The molecule has 0 fully saturated rings. The topological polar surface area (TPSA) is 20.2 Å². The van der Waals surface area contributed by atoms with Crippen LogP contribution in [0.5, 0.6) is 5.75 Å². The Bertz CT molecular complexity index is 582. The number of rotatable bonds is 1. The molecule has 0 unspecified atom stereocenters. The molecule has 0 radical (unpaired) electrons. The molecule has 0 amide bonds. The first kappa shape index (κ1) is 11.9. The minimum Gasteiger partial charge on any atom is -0.506 e. The van der Waals surface area contributed by atoms with Gasteiger partial charge in [-0.3, -0.25) is 0 Å². The predicted octanol–water partition coefficient (Wildman–Crippen LogP) is 4.30. The molecule has 0 heterocycles. The van der Waals surface area contributed by atoms with Crippen molar-refractivity contribution in [1.29, 1.82) is 0 Å². The van der Waals surface area contributed by atoms with Crippen molar-refractivity contribution in [1.82, 2.24) is 0 Å². The molecule has 0 spiro atoms. The molecule has 17 heavy (non-hydrogen) atoms. The molecule has 1 N–H and O–H groups in total. The summed E-state index contributed by atoms with van der Waals surface area (Å²) in [6.07, 6.45) is 0. The van der Waals surface area contributed by atoms with Crippen molar-refractivity contribution < 1.29 is 13.9 Å². The van der Waals surface area contributed by atoms with Crippen LogP contribution in [0.2, 0.25) is 5.02 Å². The lowest BCUT2D eigenvalue weighted by atomic mass is 10.0. The van der Waals surface area contributed by atoms with Crippen LogP contribution in [0.1, 0.15) is 5.56 Å². The number of hydrogen-bond acceptors (Lipinski definition) is 1. The van der Waals surface area contributed by atoms with Gasteiger partial charge in [0.15, 0.2) is 0 Å². The first-order valence-corrected chi connectivity index (χ1v) is 5.32. The molecule has 2 aromatic rings. The highest BCUT2D eigenvalue weighted by Crippen LogP contribution is 2.33. The van der Waals surface area contributed by atoms with Crippen molar-refractivity contribution in [3.63, 3.8) is 0 Å². The van der Waals surface area contributed by atoms with Crippen LogP contribution in [0, 0.1) is 18.6 Å². The van der Waals surface area contributed by atoms with Crippen LogP contribution in [0.25, 0.3) is 11.1 Å². The second-order valence-electron chi connectivity index (χ2n) is 3.72. The molecule has 0 saturated carbocycles. The van der Waals surface area contributed by atoms with Gasteiger partial charge >= 0.3 is 0 Å². The van der Waals surface area contributed by atoms with Crippen molar-refractivity contribution in [2.24, 2.45) is 0 Å². The molecule has 0 saturated heterocycles. The lowest BCUT2D eigenvalue weighted by Gasteiger charge is -2.08. The second-order valence-corrected chi connectivity index (χ2v) is 4.13. The molecule has 2 rings (SSSR count). The summed E-state index contributed by atoms with van der Waals surface area (Å²) in [5.41, 5.74) is 0.518. The van der Waals surface area contributed by atoms with Crippen molar-refractivity contribution in [3.8, 4) is 16.9 Å². The Balaban J connectivity index is 2.68. The average Bonchev–Trinajstić information content (AvgIpc) is 2.29. The fraction of sp³-hybridized carbons (Fsp3) is 0.0769. The van der Waals surface area contributed by atoms with Gasteiger partial charge in [0, 0.05) is 0 Å². The number of aryl methyl sites for hydroxylation is 1. The number of phenolic OH excluding ortho intramolecular Hbond substituents is 1. The fourth-order valence-electron chi connectivity index (χ4n) is 1.58. The molecule has 0 aliphatic rings. The maximum atomic E-state index is 13.8. The smallest absolute Gasteiger partial charge is 0.136 e. The number of hydrogen-bond donors (Lipinski definition) is 1. The summed E-state index contributed by atoms with van der Waals surface area (Å²) < 4.78 is 27.4. The van der Waals surface area contributed by atoms with Crippen molar-refractivity contribution in [2.75, 3.05) is 0 Å². The zero-order valence-electron chi connectivity index (χ0n) is 8.97. The summed E-state index contributed by atoms with van der Waals surface area (Å²) in [5.74, 6) is -1.40. The molecular weight excluding hydrogens is 246 g/mol. The van der Waals surface area contributed by atoms with Crippen molar-refractivity contribution in [2.45, 2.75) is 6.92 Å². The molecule has 0 aliphatic carbocycles. The van der Waals surface area contributed by atoms with E-state index in [4.69, 9.17) is 11.6 Å². The van der Waals surface area contributed by atoms with E-state index in [-0.39, 0.29) is 16.3 Å². The third-order valence-electron chi connectivity index (χ3n) is 2.52. The Morgan fingerprint density at radius 3 is 2.47 bits per heavy atom. The van der Waals surface area contributed by atoms with Crippen LogP contribution in [0.15, 0.2) is 30.3 Å². The number of halogens is 3. The minimum atomic E-state index is -0.658. The lowest BCUT2D eigenvalue weighted by Crippen LogP contribution is -1.93. The van der Waals surface area contributed by atoms with Gasteiger partial charge in [0.05, 0.1) is 10.6 Å². The standard InChI is InChI=1S/C13H9ClF2O/c1-7-2-4-10(15)12(13(7)16)8-3-5-11(17)9(14)6-8/h2-6,17H,1H3. The summed E-state index contributed by atoms with van der Waals surface area (Å²) in [6.45, 7) is 1.56. The largest absolute Gasteiger partial charge is 0.506 e. The Hall–Kier alpha value is -1.61. The first-order valence-electron chi connectivity index (χ1n) is 4.94. The second kappa shape index (κ2) is 4.34. The Kier molecular flexibility index (Phi) is 3.03. The van der Waals surface area contributed by atoms with E-state index in [1.54, 1.807) is 6.92 Å². The van der Waals surface area contributed by atoms with E-state index >= 15 is 0 Å². The number of benzene rings is 2. The number of aromatic hydroxyl groups is 1. The van der Waals surface area contributed by atoms with Crippen molar-refractivity contribution >= 4 is 11.6 Å². The van der Waals surface area contributed by atoms with Gasteiger partial charge in [0.1, 0.15) is 17.4 Å². The minimum absolute atomic E-state index is 0.0582.